The second-order valence-corrected chi connectivity index (χ2v) is 2.67. The van der Waals surface area contributed by atoms with E-state index in [9.17, 15) is 0 Å². The Hall–Kier alpha value is 0.150. The zero-order chi connectivity index (χ0) is 9.02. The second-order valence-electron chi connectivity index (χ2n) is 2.14. The summed E-state index contributed by atoms with van der Waals surface area (Å²) in [6, 6.07) is 0. The van der Waals surface area contributed by atoms with Crippen LogP contribution in [0.3, 0.4) is 0 Å². The summed E-state index contributed by atoms with van der Waals surface area (Å²) >= 11 is 3.42. The van der Waals surface area contributed by atoms with Crippen molar-refractivity contribution in [1.82, 2.24) is 0 Å². The van der Waals surface area contributed by atoms with Gasteiger partial charge in [-0.3, -0.25) is 0 Å². The maximum atomic E-state index is 8.89. The van der Waals surface area contributed by atoms with Gasteiger partial charge in [0.15, 0.2) is 0 Å². The molecule has 0 aliphatic rings. The molecule has 0 heterocycles. The lowest BCUT2D eigenvalue weighted by atomic mass is 10.1. The molecule has 11 heavy (non-hydrogen) atoms. The largest absolute Gasteiger partial charge is 0.394 e. The van der Waals surface area contributed by atoms with E-state index in [1.807, 2.05) is 0 Å². The molecular weight excluding hydrogens is 172 g/mol. The normalized spacial score (nSPS) is 22.4. The molecule has 0 fully saturated rings. The topological polar surface area (TPSA) is 101 Å². The van der Waals surface area contributed by atoms with Gasteiger partial charge in [-0.05, 0) is 0 Å². The van der Waals surface area contributed by atoms with Gasteiger partial charge in [-0.15, -0.1) is 12.6 Å². The van der Waals surface area contributed by atoms with E-state index in [2.05, 4.69) is 12.6 Å². The smallest absolute Gasteiger partial charge is 0.125 e. The first-order valence-corrected chi connectivity index (χ1v) is 3.53. The molecule has 0 aromatic carbocycles. The zero-order valence-electron chi connectivity index (χ0n) is 5.70. The lowest BCUT2D eigenvalue weighted by molar-refractivity contribution is -0.0963. The average molecular weight is 184 g/mol. The number of hydrogen-bond acceptors (Lipinski definition) is 6. The van der Waals surface area contributed by atoms with E-state index < -0.39 is 30.4 Å². The van der Waals surface area contributed by atoms with Crippen LogP contribution >= 0.6 is 12.6 Å². The van der Waals surface area contributed by atoms with Crippen LogP contribution in [0.2, 0.25) is 0 Å². The molecule has 68 valence electrons. The maximum Gasteiger partial charge on any atom is 0.125 e. The Morgan fingerprint density at radius 3 is 1.73 bits per heavy atom. The minimum atomic E-state index is -1.59. The Labute approximate surface area is 69.3 Å². The molecule has 0 aliphatic heterocycles. The van der Waals surface area contributed by atoms with E-state index in [1.54, 1.807) is 0 Å². The summed E-state index contributed by atoms with van der Waals surface area (Å²) in [6.07, 6.45) is -4.63. The van der Waals surface area contributed by atoms with Gasteiger partial charge in [-0.1, -0.05) is 0 Å². The Bertz CT molecular complexity index is 109. The highest BCUT2D eigenvalue weighted by Gasteiger charge is 2.27. The predicted octanol–water partition coefficient (Wildman–Crippen LogP) is -2.69. The molecular formula is C5H12O5S. The first kappa shape index (κ1) is 11.2. The fraction of sp³-hybridized carbons (Fsp3) is 1.00. The van der Waals surface area contributed by atoms with E-state index in [1.165, 1.54) is 0 Å². The molecule has 5 N–H and O–H groups in total. The van der Waals surface area contributed by atoms with Gasteiger partial charge in [0, 0.05) is 0 Å². The molecule has 0 saturated carbocycles. The third-order valence-electron chi connectivity index (χ3n) is 1.24. The number of aliphatic hydroxyl groups is 5. The standard InChI is InChI=1S/C5H12O5S/c6-1-2(7)3(8)4(9)5(10)11/h2-11H,1H2/t2-,3?,4-,5?/m0/s1. The van der Waals surface area contributed by atoms with Crippen LogP contribution in [0, 0.1) is 0 Å². The Morgan fingerprint density at radius 1 is 1.00 bits per heavy atom. The van der Waals surface area contributed by atoms with Gasteiger partial charge >= 0.3 is 0 Å². The number of aliphatic hydroxyl groups excluding tert-OH is 5. The molecule has 0 aromatic rings. The monoisotopic (exact) mass is 184 g/mol. The van der Waals surface area contributed by atoms with Gasteiger partial charge in [-0.25, -0.2) is 0 Å². The molecule has 4 atom stereocenters. The van der Waals surface area contributed by atoms with E-state index in [-0.39, 0.29) is 0 Å². The van der Waals surface area contributed by atoms with Gasteiger partial charge in [-0.2, -0.15) is 0 Å². The summed E-state index contributed by atoms with van der Waals surface area (Å²) in [5.74, 6) is 0. The lowest BCUT2D eigenvalue weighted by Crippen LogP contribution is -2.44. The van der Waals surface area contributed by atoms with Crippen molar-refractivity contribution in [3.63, 3.8) is 0 Å². The highest BCUT2D eigenvalue weighted by molar-refractivity contribution is 7.80. The van der Waals surface area contributed by atoms with E-state index in [0.717, 1.165) is 0 Å². The summed E-state index contributed by atoms with van der Waals surface area (Å²) in [5.41, 5.74) is -1.44. The van der Waals surface area contributed by atoms with Crippen molar-refractivity contribution < 1.29 is 25.5 Å². The average Bonchev–Trinajstić information content (AvgIpc) is 2.00. The van der Waals surface area contributed by atoms with Crippen molar-refractivity contribution in [2.45, 2.75) is 23.7 Å². The van der Waals surface area contributed by atoms with Crippen molar-refractivity contribution >= 4 is 12.6 Å². The fourth-order valence-corrected chi connectivity index (χ4v) is 0.688. The Morgan fingerprint density at radius 2 is 1.45 bits per heavy atom. The maximum absolute atomic E-state index is 8.89. The molecule has 0 bridgehead atoms. The molecule has 5 nitrogen and oxygen atoms in total. The van der Waals surface area contributed by atoms with Gasteiger partial charge in [0.2, 0.25) is 0 Å². The van der Waals surface area contributed by atoms with Crippen LogP contribution in [0.25, 0.3) is 0 Å². The van der Waals surface area contributed by atoms with Crippen LogP contribution in [0.4, 0.5) is 0 Å². The molecule has 0 aliphatic carbocycles. The third kappa shape index (κ3) is 3.37. The van der Waals surface area contributed by atoms with Crippen LogP contribution in [0.15, 0.2) is 0 Å². The first-order valence-electron chi connectivity index (χ1n) is 3.02. The fourth-order valence-electron chi connectivity index (χ4n) is 0.512. The van der Waals surface area contributed by atoms with Crippen LogP contribution in [-0.4, -0.2) is 55.9 Å². The lowest BCUT2D eigenvalue weighted by Gasteiger charge is -2.22. The number of thiol groups is 1. The quantitative estimate of drug-likeness (QED) is 0.211. The summed E-state index contributed by atoms with van der Waals surface area (Å²) in [6.45, 7) is -0.682. The summed E-state index contributed by atoms with van der Waals surface area (Å²) < 4.78 is 0. The van der Waals surface area contributed by atoms with Crippen molar-refractivity contribution in [2.24, 2.45) is 0 Å². The highest BCUT2D eigenvalue weighted by Crippen LogP contribution is 2.06. The summed E-state index contributed by atoms with van der Waals surface area (Å²) in [5, 5.41) is 43.4. The molecule has 2 unspecified atom stereocenters. The van der Waals surface area contributed by atoms with Gasteiger partial charge in [0.25, 0.3) is 0 Å². The van der Waals surface area contributed by atoms with Crippen molar-refractivity contribution in [3.05, 3.63) is 0 Å². The van der Waals surface area contributed by atoms with E-state index in [4.69, 9.17) is 25.5 Å². The van der Waals surface area contributed by atoms with Gasteiger partial charge < -0.3 is 25.5 Å². The number of rotatable bonds is 4. The van der Waals surface area contributed by atoms with Gasteiger partial charge in [0.05, 0.1) is 6.61 Å². The van der Waals surface area contributed by atoms with Crippen LogP contribution in [0.5, 0.6) is 0 Å². The molecule has 0 aromatic heterocycles. The van der Waals surface area contributed by atoms with Crippen LogP contribution < -0.4 is 0 Å². The minimum absolute atomic E-state index is 0.682. The predicted molar refractivity (Wildman–Crippen MR) is 40.1 cm³/mol. The number of hydrogen-bond donors (Lipinski definition) is 6. The molecule has 6 heteroatoms. The molecule has 0 radical (unpaired) electrons. The van der Waals surface area contributed by atoms with Crippen molar-refractivity contribution in [1.29, 1.82) is 0 Å². The third-order valence-corrected chi connectivity index (χ3v) is 1.54. The van der Waals surface area contributed by atoms with Crippen LogP contribution in [-0.2, 0) is 0 Å². The zero-order valence-corrected chi connectivity index (χ0v) is 6.59. The minimum Gasteiger partial charge on any atom is -0.394 e. The second kappa shape index (κ2) is 4.91. The van der Waals surface area contributed by atoms with E-state index in [0.29, 0.717) is 0 Å². The van der Waals surface area contributed by atoms with Crippen molar-refractivity contribution in [2.75, 3.05) is 6.61 Å². The molecule has 0 spiro atoms. The van der Waals surface area contributed by atoms with Crippen molar-refractivity contribution in [3.8, 4) is 0 Å². The van der Waals surface area contributed by atoms with Crippen LogP contribution in [0.1, 0.15) is 0 Å². The summed E-state index contributed by atoms with van der Waals surface area (Å²) in [4.78, 5) is 0. The SMILES string of the molecule is OC[C@H](O)C(O)[C@H](O)C(O)S. The first-order chi connectivity index (χ1) is 5.00. The Kier molecular flexibility index (Phi) is 4.98. The summed E-state index contributed by atoms with van der Waals surface area (Å²) in [7, 11) is 0. The molecule has 0 rings (SSSR count). The Balaban J connectivity index is 3.90. The molecule has 0 saturated heterocycles. The van der Waals surface area contributed by atoms with E-state index >= 15 is 0 Å². The molecule has 0 amide bonds. The van der Waals surface area contributed by atoms with Gasteiger partial charge in [0.1, 0.15) is 23.7 Å². The highest BCUT2D eigenvalue weighted by atomic mass is 32.1.